The molecule has 21 heavy (non-hydrogen) atoms. The molecule has 2 aromatic rings. The second kappa shape index (κ2) is 7.85. The minimum Gasteiger partial charge on any atom is -0.351 e. The van der Waals surface area contributed by atoms with Crippen LogP contribution < -0.4 is 10.6 Å². The summed E-state index contributed by atoms with van der Waals surface area (Å²) < 4.78 is 12.8. The van der Waals surface area contributed by atoms with Crippen LogP contribution in [0.2, 0.25) is 0 Å². The van der Waals surface area contributed by atoms with Crippen molar-refractivity contribution in [2.75, 3.05) is 20.1 Å². The average Bonchev–Trinajstić information content (AvgIpc) is 2.94. The van der Waals surface area contributed by atoms with Gasteiger partial charge in [0, 0.05) is 18.3 Å². The van der Waals surface area contributed by atoms with Crippen molar-refractivity contribution in [2.45, 2.75) is 12.8 Å². The largest absolute Gasteiger partial charge is 0.351 e. The third-order valence-corrected chi connectivity index (χ3v) is 3.79. The van der Waals surface area contributed by atoms with E-state index in [1.807, 2.05) is 7.05 Å². The third-order valence-electron chi connectivity index (χ3n) is 2.94. The van der Waals surface area contributed by atoms with Gasteiger partial charge in [-0.3, -0.25) is 4.79 Å². The van der Waals surface area contributed by atoms with Gasteiger partial charge < -0.3 is 10.6 Å². The highest BCUT2D eigenvalue weighted by Crippen LogP contribution is 2.15. The Morgan fingerprint density at radius 2 is 2.05 bits per heavy atom. The predicted octanol–water partition coefficient (Wildman–Crippen LogP) is 2.21. The van der Waals surface area contributed by atoms with Crippen LogP contribution in [0, 0.1) is 5.82 Å². The second-order valence-corrected chi connectivity index (χ2v) is 5.59. The topological polar surface area (TPSA) is 54.0 Å². The number of carbonyl (C=O) groups excluding carboxylic acids is 1. The molecule has 1 aromatic carbocycles. The third kappa shape index (κ3) is 4.91. The zero-order valence-electron chi connectivity index (χ0n) is 11.9. The highest BCUT2D eigenvalue weighted by molar-refractivity contribution is 7.09. The van der Waals surface area contributed by atoms with Crippen molar-refractivity contribution in [3.8, 4) is 0 Å². The Bertz CT molecular complexity index is 583. The molecule has 1 aromatic heterocycles. The maximum atomic E-state index is 12.8. The molecule has 0 aliphatic carbocycles. The van der Waals surface area contributed by atoms with Gasteiger partial charge in [-0.1, -0.05) is 12.1 Å². The van der Waals surface area contributed by atoms with Crippen molar-refractivity contribution in [1.82, 2.24) is 15.6 Å². The van der Waals surface area contributed by atoms with E-state index in [0.717, 1.165) is 23.5 Å². The van der Waals surface area contributed by atoms with Crippen LogP contribution in [0.5, 0.6) is 0 Å². The standard InChI is InChI=1S/C15H18FN3OS/c1-17-7-2-8-18-15(20)13-10-21-14(19-13)9-11-3-5-12(16)6-4-11/h3-6,10,17H,2,7-9H2,1H3,(H,18,20). The zero-order valence-corrected chi connectivity index (χ0v) is 12.7. The highest BCUT2D eigenvalue weighted by atomic mass is 32.1. The lowest BCUT2D eigenvalue weighted by Gasteiger charge is -2.02. The van der Waals surface area contributed by atoms with Crippen molar-refractivity contribution in [2.24, 2.45) is 0 Å². The number of carbonyl (C=O) groups is 1. The minimum absolute atomic E-state index is 0.146. The Morgan fingerprint density at radius 3 is 2.76 bits per heavy atom. The fourth-order valence-corrected chi connectivity index (χ4v) is 2.64. The van der Waals surface area contributed by atoms with E-state index in [-0.39, 0.29) is 11.7 Å². The number of amides is 1. The van der Waals surface area contributed by atoms with Gasteiger partial charge in [-0.2, -0.15) is 0 Å². The smallest absolute Gasteiger partial charge is 0.270 e. The predicted molar refractivity (Wildman–Crippen MR) is 82.2 cm³/mol. The van der Waals surface area contributed by atoms with Crippen molar-refractivity contribution in [3.63, 3.8) is 0 Å². The van der Waals surface area contributed by atoms with Gasteiger partial charge >= 0.3 is 0 Å². The molecule has 1 heterocycles. The SMILES string of the molecule is CNCCCNC(=O)c1csc(Cc2ccc(F)cc2)n1. The number of halogens is 1. The zero-order chi connectivity index (χ0) is 15.1. The number of hydrogen-bond donors (Lipinski definition) is 2. The molecule has 0 fully saturated rings. The molecule has 6 heteroatoms. The molecule has 2 rings (SSSR count). The van der Waals surface area contributed by atoms with E-state index in [0.29, 0.717) is 18.7 Å². The van der Waals surface area contributed by atoms with E-state index in [2.05, 4.69) is 15.6 Å². The van der Waals surface area contributed by atoms with E-state index in [4.69, 9.17) is 0 Å². The summed E-state index contributed by atoms with van der Waals surface area (Å²) in [5.74, 6) is -0.396. The molecule has 0 aliphatic heterocycles. The fourth-order valence-electron chi connectivity index (χ4n) is 1.83. The molecule has 0 bridgehead atoms. The summed E-state index contributed by atoms with van der Waals surface area (Å²) in [6, 6.07) is 6.32. The number of hydrogen-bond acceptors (Lipinski definition) is 4. The Hall–Kier alpha value is -1.79. The highest BCUT2D eigenvalue weighted by Gasteiger charge is 2.10. The molecule has 2 N–H and O–H groups in total. The normalized spacial score (nSPS) is 10.6. The maximum absolute atomic E-state index is 12.8. The monoisotopic (exact) mass is 307 g/mol. The molecule has 0 saturated carbocycles. The van der Waals surface area contributed by atoms with Gasteiger partial charge in [0.2, 0.25) is 0 Å². The first-order chi connectivity index (χ1) is 10.2. The number of rotatable bonds is 7. The number of nitrogens with zero attached hydrogens (tertiary/aromatic N) is 1. The van der Waals surface area contributed by atoms with E-state index >= 15 is 0 Å². The average molecular weight is 307 g/mol. The molecule has 0 radical (unpaired) electrons. The molecule has 0 unspecified atom stereocenters. The minimum atomic E-state index is -0.250. The molecule has 0 spiro atoms. The molecule has 112 valence electrons. The first-order valence-corrected chi connectivity index (χ1v) is 7.68. The van der Waals surface area contributed by atoms with Gasteiger partial charge in [0.25, 0.3) is 5.91 Å². The summed E-state index contributed by atoms with van der Waals surface area (Å²) in [5.41, 5.74) is 1.42. The number of nitrogens with one attached hydrogen (secondary N) is 2. The lowest BCUT2D eigenvalue weighted by Crippen LogP contribution is -2.26. The van der Waals surface area contributed by atoms with Crippen LogP contribution in [0.25, 0.3) is 0 Å². The summed E-state index contributed by atoms with van der Waals surface area (Å²) in [5, 5.41) is 8.46. The lowest BCUT2D eigenvalue weighted by atomic mass is 10.1. The van der Waals surface area contributed by atoms with E-state index in [9.17, 15) is 9.18 Å². The van der Waals surface area contributed by atoms with Crippen molar-refractivity contribution >= 4 is 17.2 Å². The number of benzene rings is 1. The summed E-state index contributed by atoms with van der Waals surface area (Å²) in [6.07, 6.45) is 1.49. The lowest BCUT2D eigenvalue weighted by molar-refractivity contribution is 0.0949. The molecular weight excluding hydrogens is 289 g/mol. The first-order valence-electron chi connectivity index (χ1n) is 6.80. The van der Waals surface area contributed by atoms with Gasteiger partial charge in [0.05, 0.1) is 5.01 Å². The quantitative estimate of drug-likeness (QED) is 0.771. The molecule has 0 atom stereocenters. The van der Waals surface area contributed by atoms with Crippen LogP contribution in [0.3, 0.4) is 0 Å². The van der Waals surface area contributed by atoms with Crippen LogP contribution >= 0.6 is 11.3 Å². The van der Waals surface area contributed by atoms with E-state index < -0.39 is 0 Å². The van der Waals surface area contributed by atoms with Gasteiger partial charge in [-0.05, 0) is 37.7 Å². The van der Waals surface area contributed by atoms with Crippen molar-refractivity contribution < 1.29 is 9.18 Å². The van der Waals surface area contributed by atoms with E-state index in [1.165, 1.54) is 23.5 Å². The number of aromatic nitrogens is 1. The van der Waals surface area contributed by atoms with Gasteiger partial charge in [0.15, 0.2) is 0 Å². The maximum Gasteiger partial charge on any atom is 0.270 e. The van der Waals surface area contributed by atoms with Crippen LogP contribution in [0.1, 0.15) is 27.5 Å². The van der Waals surface area contributed by atoms with Gasteiger partial charge in [-0.15, -0.1) is 11.3 Å². The summed E-state index contributed by atoms with van der Waals surface area (Å²) in [4.78, 5) is 16.2. The second-order valence-electron chi connectivity index (χ2n) is 4.64. The van der Waals surface area contributed by atoms with Gasteiger partial charge in [-0.25, -0.2) is 9.37 Å². The molecule has 4 nitrogen and oxygen atoms in total. The van der Waals surface area contributed by atoms with Crippen molar-refractivity contribution in [3.05, 3.63) is 51.7 Å². The Morgan fingerprint density at radius 1 is 1.29 bits per heavy atom. The van der Waals surface area contributed by atoms with Crippen LogP contribution in [0.4, 0.5) is 4.39 Å². The molecule has 0 saturated heterocycles. The van der Waals surface area contributed by atoms with E-state index in [1.54, 1.807) is 17.5 Å². The molecular formula is C15H18FN3OS. The Balaban J connectivity index is 1.88. The van der Waals surface area contributed by atoms with Crippen LogP contribution in [-0.2, 0) is 6.42 Å². The fraction of sp³-hybridized carbons (Fsp3) is 0.333. The van der Waals surface area contributed by atoms with Crippen LogP contribution in [-0.4, -0.2) is 31.0 Å². The Labute approximate surface area is 127 Å². The Kier molecular flexibility index (Phi) is 5.83. The molecule has 0 aliphatic rings. The summed E-state index contributed by atoms with van der Waals surface area (Å²) >= 11 is 1.44. The van der Waals surface area contributed by atoms with Gasteiger partial charge in [0.1, 0.15) is 11.5 Å². The number of thiazole rings is 1. The van der Waals surface area contributed by atoms with Crippen LogP contribution in [0.15, 0.2) is 29.6 Å². The van der Waals surface area contributed by atoms with Crippen molar-refractivity contribution in [1.29, 1.82) is 0 Å². The molecule has 1 amide bonds. The summed E-state index contributed by atoms with van der Waals surface area (Å²) in [7, 11) is 1.88. The summed E-state index contributed by atoms with van der Waals surface area (Å²) in [6.45, 7) is 1.50. The first kappa shape index (κ1) is 15.6.